The van der Waals surface area contributed by atoms with Gasteiger partial charge >= 0.3 is 6.09 Å². The first kappa shape index (κ1) is 17.3. The summed E-state index contributed by atoms with van der Waals surface area (Å²) in [4.78, 5) is 20.5. The molecule has 0 radical (unpaired) electrons. The van der Waals surface area contributed by atoms with Crippen molar-refractivity contribution in [1.29, 1.82) is 0 Å². The summed E-state index contributed by atoms with van der Waals surface area (Å²) >= 11 is 0. The number of hydrogen-bond donors (Lipinski definition) is 3. The van der Waals surface area contributed by atoms with E-state index >= 15 is 0 Å². The van der Waals surface area contributed by atoms with E-state index in [0.717, 1.165) is 40.6 Å². The van der Waals surface area contributed by atoms with Crippen molar-refractivity contribution in [3.05, 3.63) is 54.5 Å². The van der Waals surface area contributed by atoms with Crippen LogP contribution in [0.5, 0.6) is 0 Å². The summed E-state index contributed by atoms with van der Waals surface area (Å²) in [5, 5.41) is 13.9. The molecule has 8 nitrogen and oxygen atoms in total. The Bertz CT molecular complexity index is 1190. The number of carboxylic acid groups (broad SMARTS) is 1. The highest BCUT2D eigenvalue weighted by Crippen LogP contribution is 2.32. The third-order valence-electron chi connectivity index (χ3n) is 5.44. The zero-order valence-electron chi connectivity index (χ0n) is 15.5. The van der Waals surface area contributed by atoms with E-state index in [4.69, 9.17) is 10.3 Å². The van der Waals surface area contributed by atoms with Crippen molar-refractivity contribution in [2.24, 2.45) is 0 Å². The van der Waals surface area contributed by atoms with Gasteiger partial charge in [0.2, 0.25) is 0 Å². The van der Waals surface area contributed by atoms with Gasteiger partial charge in [0.15, 0.2) is 11.4 Å². The van der Waals surface area contributed by atoms with Crippen LogP contribution >= 0.6 is 0 Å². The molecule has 1 saturated heterocycles. The van der Waals surface area contributed by atoms with Crippen LogP contribution in [0.25, 0.3) is 33.4 Å². The minimum Gasteiger partial charge on any atom is -0.465 e. The standard InChI is InChI=1S/C21H19N5O3/c22-19-15-8-7-14(10-18(15)29-25-19)12-3-5-13(6-4-12)16-11-23-20(24-16)17-2-1-9-26(17)21(27)28/h3-8,10-11,17H,1-2,9H2,(H2,22,25)(H,23,24)(H,27,28). The number of imidazole rings is 1. The number of nitrogens with one attached hydrogen (secondary N) is 1. The Balaban J connectivity index is 1.40. The highest BCUT2D eigenvalue weighted by Gasteiger charge is 2.31. The molecule has 3 heterocycles. The van der Waals surface area contributed by atoms with Crippen LogP contribution in [0.2, 0.25) is 0 Å². The van der Waals surface area contributed by atoms with Crippen molar-refractivity contribution in [2.75, 3.05) is 12.3 Å². The SMILES string of the molecule is Nc1noc2cc(-c3ccc(-c4cnc(C5CCCN5C(=O)O)[nH]4)cc3)ccc12. The number of rotatable bonds is 3. The number of nitrogens with two attached hydrogens (primary N) is 1. The minimum atomic E-state index is -0.903. The average molecular weight is 389 g/mol. The highest BCUT2D eigenvalue weighted by atomic mass is 16.5. The second-order valence-corrected chi connectivity index (χ2v) is 7.17. The van der Waals surface area contributed by atoms with Gasteiger partial charge in [-0.3, -0.25) is 4.90 Å². The minimum absolute atomic E-state index is 0.207. The summed E-state index contributed by atoms with van der Waals surface area (Å²) in [7, 11) is 0. The van der Waals surface area contributed by atoms with Crippen molar-refractivity contribution < 1.29 is 14.4 Å². The fourth-order valence-corrected chi connectivity index (χ4v) is 3.91. The van der Waals surface area contributed by atoms with Gasteiger partial charge < -0.3 is 20.3 Å². The topological polar surface area (TPSA) is 121 Å². The smallest absolute Gasteiger partial charge is 0.407 e. The molecule has 1 aliphatic rings. The molecule has 1 fully saturated rings. The maximum Gasteiger partial charge on any atom is 0.407 e. The molecule has 0 spiro atoms. The van der Waals surface area contributed by atoms with E-state index in [1.165, 1.54) is 4.90 Å². The van der Waals surface area contributed by atoms with Crippen LogP contribution in [-0.2, 0) is 0 Å². The third kappa shape index (κ3) is 2.98. The number of likely N-dealkylation sites (tertiary alicyclic amines) is 1. The van der Waals surface area contributed by atoms with Crippen LogP contribution in [0.15, 0.2) is 53.2 Å². The molecule has 5 rings (SSSR count). The van der Waals surface area contributed by atoms with E-state index in [-0.39, 0.29) is 6.04 Å². The lowest BCUT2D eigenvalue weighted by Gasteiger charge is -2.19. The number of aromatic nitrogens is 3. The zero-order chi connectivity index (χ0) is 20.0. The second-order valence-electron chi connectivity index (χ2n) is 7.17. The molecule has 1 aliphatic heterocycles. The molecule has 0 bridgehead atoms. The molecular weight excluding hydrogens is 370 g/mol. The normalized spacial score (nSPS) is 16.6. The molecule has 1 unspecified atom stereocenters. The molecule has 0 aliphatic carbocycles. The van der Waals surface area contributed by atoms with E-state index < -0.39 is 6.09 Å². The van der Waals surface area contributed by atoms with Crippen LogP contribution in [0.3, 0.4) is 0 Å². The van der Waals surface area contributed by atoms with Crippen LogP contribution in [0.4, 0.5) is 10.6 Å². The summed E-state index contributed by atoms with van der Waals surface area (Å²) in [6, 6.07) is 13.7. The molecule has 4 aromatic rings. The lowest BCUT2D eigenvalue weighted by Crippen LogP contribution is -2.29. The molecule has 4 N–H and O–H groups in total. The van der Waals surface area contributed by atoms with Gasteiger partial charge in [0, 0.05) is 6.54 Å². The number of aromatic amines is 1. The number of fused-ring (bicyclic) bond motifs is 1. The number of benzene rings is 2. The third-order valence-corrected chi connectivity index (χ3v) is 5.44. The van der Waals surface area contributed by atoms with Gasteiger partial charge in [-0.2, -0.15) is 0 Å². The summed E-state index contributed by atoms with van der Waals surface area (Å²) in [6.45, 7) is 0.548. The zero-order valence-corrected chi connectivity index (χ0v) is 15.5. The number of amides is 1. The van der Waals surface area contributed by atoms with Gasteiger partial charge in [0.05, 0.1) is 23.3 Å². The molecule has 146 valence electrons. The molecule has 29 heavy (non-hydrogen) atoms. The quantitative estimate of drug-likeness (QED) is 0.481. The van der Waals surface area contributed by atoms with E-state index in [9.17, 15) is 9.90 Å². The number of H-pyrrole nitrogens is 1. The first-order chi connectivity index (χ1) is 14.1. The fraction of sp³-hybridized carbons (Fsp3) is 0.190. The Hall–Kier alpha value is -3.81. The highest BCUT2D eigenvalue weighted by molar-refractivity contribution is 5.90. The monoisotopic (exact) mass is 389 g/mol. The van der Waals surface area contributed by atoms with Gasteiger partial charge in [-0.1, -0.05) is 35.5 Å². The lowest BCUT2D eigenvalue weighted by molar-refractivity contribution is 0.139. The van der Waals surface area contributed by atoms with Crippen molar-refractivity contribution in [1.82, 2.24) is 20.0 Å². The van der Waals surface area contributed by atoms with E-state index in [2.05, 4.69) is 15.1 Å². The van der Waals surface area contributed by atoms with Crippen LogP contribution in [-0.4, -0.2) is 37.8 Å². The second kappa shape index (κ2) is 6.66. The van der Waals surface area contributed by atoms with Crippen LogP contribution in [0.1, 0.15) is 24.7 Å². The Morgan fingerprint density at radius 2 is 1.93 bits per heavy atom. The summed E-state index contributed by atoms with van der Waals surface area (Å²) in [5.74, 6) is 1.08. The van der Waals surface area contributed by atoms with E-state index in [1.807, 2.05) is 42.5 Å². The fourth-order valence-electron chi connectivity index (χ4n) is 3.91. The molecule has 2 aromatic carbocycles. The Labute approximate surface area is 165 Å². The van der Waals surface area contributed by atoms with Crippen molar-refractivity contribution in [3.63, 3.8) is 0 Å². The van der Waals surface area contributed by atoms with Crippen LogP contribution in [0, 0.1) is 0 Å². The van der Waals surface area contributed by atoms with E-state index in [1.54, 1.807) is 6.20 Å². The first-order valence-corrected chi connectivity index (χ1v) is 9.40. The molecule has 1 atom stereocenters. The van der Waals surface area contributed by atoms with Gasteiger partial charge in [-0.15, -0.1) is 0 Å². The summed E-state index contributed by atoms with van der Waals surface area (Å²) in [5.41, 5.74) is 10.3. The lowest BCUT2D eigenvalue weighted by atomic mass is 10.0. The maximum absolute atomic E-state index is 11.4. The molecule has 1 amide bonds. The Morgan fingerprint density at radius 1 is 1.17 bits per heavy atom. The van der Waals surface area contributed by atoms with Crippen molar-refractivity contribution >= 4 is 22.9 Å². The number of nitrogens with zero attached hydrogens (tertiary/aromatic N) is 3. The number of nitrogen functional groups attached to an aromatic ring is 1. The molecular formula is C21H19N5O3. The molecule has 2 aromatic heterocycles. The number of hydrogen-bond acceptors (Lipinski definition) is 5. The largest absolute Gasteiger partial charge is 0.465 e. The predicted molar refractivity (Wildman–Crippen MR) is 108 cm³/mol. The first-order valence-electron chi connectivity index (χ1n) is 9.40. The molecule has 0 saturated carbocycles. The average Bonchev–Trinajstić information content (AvgIpc) is 3.47. The van der Waals surface area contributed by atoms with E-state index in [0.29, 0.717) is 23.8 Å². The van der Waals surface area contributed by atoms with Gasteiger partial charge in [-0.05, 0) is 41.7 Å². The van der Waals surface area contributed by atoms with Gasteiger partial charge in [0.1, 0.15) is 5.82 Å². The van der Waals surface area contributed by atoms with Gasteiger partial charge in [-0.25, -0.2) is 9.78 Å². The predicted octanol–water partition coefficient (Wildman–Crippen LogP) is 4.28. The summed E-state index contributed by atoms with van der Waals surface area (Å²) in [6.07, 6.45) is 2.49. The summed E-state index contributed by atoms with van der Waals surface area (Å²) < 4.78 is 5.25. The molecule has 8 heteroatoms. The number of anilines is 1. The van der Waals surface area contributed by atoms with Crippen molar-refractivity contribution in [3.8, 4) is 22.4 Å². The Morgan fingerprint density at radius 3 is 2.72 bits per heavy atom. The number of carbonyl (C=O) groups is 1. The maximum atomic E-state index is 11.4. The van der Waals surface area contributed by atoms with Crippen LogP contribution < -0.4 is 5.73 Å². The Kier molecular flexibility index (Phi) is 3.97. The van der Waals surface area contributed by atoms with Gasteiger partial charge in [0.25, 0.3) is 0 Å². The van der Waals surface area contributed by atoms with Crippen molar-refractivity contribution in [2.45, 2.75) is 18.9 Å².